The fourth-order valence-corrected chi connectivity index (χ4v) is 4.86. The molecule has 0 radical (unpaired) electrons. The maximum atomic E-state index is 13.2. The van der Waals surface area contributed by atoms with Gasteiger partial charge in [0.25, 0.3) is 10.0 Å². The Bertz CT molecular complexity index is 1160. The Kier molecular flexibility index (Phi) is 5.82. The van der Waals surface area contributed by atoms with Crippen LogP contribution in [0.1, 0.15) is 0 Å². The molecule has 28 heavy (non-hydrogen) atoms. The third-order valence-electron chi connectivity index (χ3n) is 3.47. The molecule has 2 aromatic carbocycles. The van der Waals surface area contributed by atoms with Gasteiger partial charge in [-0.15, -0.1) is 0 Å². The molecule has 0 saturated heterocycles. The Hall–Kier alpha value is -2.69. The summed E-state index contributed by atoms with van der Waals surface area (Å²) in [7, 11) is -4.12. The van der Waals surface area contributed by atoms with Crippen LogP contribution in [0.4, 0.5) is 15.8 Å². The van der Waals surface area contributed by atoms with Gasteiger partial charge in [0.05, 0.1) is 15.6 Å². The van der Waals surface area contributed by atoms with Crippen LogP contribution in [0, 0.1) is 15.9 Å². The number of halogens is 2. The van der Waals surface area contributed by atoms with Gasteiger partial charge in [-0.3, -0.25) is 14.8 Å². The monoisotopic (exact) mass is 439 g/mol. The number of nitrogens with zero attached hydrogens (tertiary/aromatic N) is 2. The van der Waals surface area contributed by atoms with E-state index in [0.29, 0.717) is 4.90 Å². The molecule has 11 heteroatoms. The van der Waals surface area contributed by atoms with Crippen molar-refractivity contribution in [3.63, 3.8) is 0 Å². The van der Waals surface area contributed by atoms with Gasteiger partial charge in [-0.25, -0.2) is 17.8 Å². The summed E-state index contributed by atoms with van der Waals surface area (Å²) in [6.07, 6.45) is 1.40. The highest BCUT2D eigenvalue weighted by atomic mass is 35.5. The lowest BCUT2D eigenvalue weighted by Crippen LogP contribution is -2.14. The third kappa shape index (κ3) is 4.41. The highest BCUT2D eigenvalue weighted by Gasteiger charge is 2.22. The van der Waals surface area contributed by atoms with E-state index in [1.165, 1.54) is 24.4 Å². The molecule has 1 aromatic heterocycles. The molecule has 0 aliphatic rings. The minimum Gasteiger partial charge on any atom is -0.278 e. The fraction of sp³-hybridized carbons (Fsp3) is 0. The van der Waals surface area contributed by atoms with E-state index in [4.69, 9.17) is 11.6 Å². The minimum absolute atomic E-state index is 0.110. The first-order chi connectivity index (χ1) is 13.3. The van der Waals surface area contributed by atoms with Crippen LogP contribution in [0.15, 0.2) is 75.6 Å². The van der Waals surface area contributed by atoms with Crippen LogP contribution in [0.25, 0.3) is 0 Å². The standard InChI is InChI=1S/C17H11ClFN3O4S2/c18-12-10-11(19)7-8-16(12)28(25,26)21-13-4-1-2-6-15(13)27-17-14(22(23)24)5-3-9-20-17/h1-10,21H. The quantitative estimate of drug-likeness (QED) is 0.439. The minimum atomic E-state index is -4.12. The van der Waals surface area contributed by atoms with Crippen LogP contribution in [0.3, 0.4) is 0 Å². The van der Waals surface area contributed by atoms with Crippen molar-refractivity contribution in [2.75, 3.05) is 4.72 Å². The molecule has 1 heterocycles. The molecule has 0 bridgehead atoms. The highest BCUT2D eigenvalue weighted by Crippen LogP contribution is 2.37. The molecule has 0 atom stereocenters. The molecule has 0 fully saturated rings. The first-order valence-corrected chi connectivity index (χ1v) is 10.3. The van der Waals surface area contributed by atoms with Crippen molar-refractivity contribution in [1.29, 1.82) is 0 Å². The van der Waals surface area contributed by atoms with Crippen molar-refractivity contribution < 1.29 is 17.7 Å². The molecular weight excluding hydrogens is 429 g/mol. The normalized spacial score (nSPS) is 11.2. The van der Waals surface area contributed by atoms with Gasteiger partial charge in [0, 0.05) is 17.2 Å². The van der Waals surface area contributed by atoms with E-state index in [9.17, 15) is 22.9 Å². The maximum Gasteiger partial charge on any atom is 0.301 e. The fourth-order valence-electron chi connectivity index (χ4n) is 2.24. The zero-order valence-corrected chi connectivity index (χ0v) is 16.3. The molecule has 1 N–H and O–H groups in total. The van der Waals surface area contributed by atoms with Crippen LogP contribution in [0.2, 0.25) is 5.02 Å². The van der Waals surface area contributed by atoms with E-state index in [1.807, 2.05) is 0 Å². The maximum absolute atomic E-state index is 13.2. The predicted octanol–water partition coefficient (Wildman–Crippen LogP) is 4.73. The molecule has 0 unspecified atom stereocenters. The molecule has 0 saturated carbocycles. The summed E-state index contributed by atoms with van der Waals surface area (Å²) >= 11 is 6.80. The van der Waals surface area contributed by atoms with Crippen molar-refractivity contribution >= 4 is 44.8 Å². The Morgan fingerprint density at radius 2 is 1.89 bits per heavy atom. The van der Waals surface area contributed by atoms with Crippen molar-refractivity contribution in [2.45, 2.75) is 14.8 Å². The van der Waals surface area contributed by atoms with Crippen molar-refractivity contribution in [3.05, 3.63) is 81.7 Å². The number of nitro groups is 1. The summed E-state index contributed by atoms with van der Waals surface area (Å²) in [5.41, 5.74) is -0.0282. The van der Waals surface area contributed by atoms with Gasteiger partial charge in [-0.05, 0) is 36.4 Å². The first-order valence-electron chi connectivity index (χ1n) is 7.62. The van der Waals surface area contributed by atoms with Gasteiger partial charge >= 0.3 is 5.69 Å². The molecule has 144 valence electrons. The van der Waals surface area contributed by atoms with Gasteiger partial charge in [-0.1, -0.05) is 35.5 Å². The van der Waals surface area contributed by atoms with Gasteiger partial charge < -0.3 is 0 Å². The van der Waals surface area contributed by atoms with Crippen LogP contribution in [-0.2, 0) is 10.0 Å². The molecule has 7 nitrogen and oxygen atoms in total. The van der Waals surface area contributed by atoms with E-state index >= 15 is 0 Å². The third-order valence-corrected chi connectivity index (χ3v) is 6.40. The van der Waals surface area contributed by atoms with E-state index in [2.05, 4.69) is 9.71 Å². The van der Waals surface area contributed by atoms with Gasteiger partial charge in [-0.2, -0.15) is 0 Å². The second kappa shape index (κ2) is 8.13. The van der Waals surface area contributed by atoms with E-state index in [-0.39, 0.29) is 26.3 Å². The predicted molar refractivity (Wildman–Crippen MR) is 104 cm³/mol. The number of hydrogen-bond donors (Lipinski definition) is 1. The number of nitrogens with one attached hydrogen (secondary N) is 1. The molecule has 0 aliphatic carbocycles. The number of pyridine rings is 1. The number of rotatable bonds is 6. The van der Waals surface area contributed by atoms with Crippen molar-refractivity contribution in [2.24, 2.45) is 0 Å². The van der Waals surface area contributed by atoms with Crippen LogP contribution in [-0.4, -0.2) is 18.3 Å². The lowest BCUT2D eigenvalue weighted by Gasteiger charge is -2.13. The number of hydrogen-bond acceptors (Lipinski definition) is 6. The second-order valence-corrected chi connectivity index (χ2v) is 8.45. The van der Waals surface area contributed by atoms with Crippen LogP contribution in [0.5, 0.6) is 0 Å². The average Bonchev–Trinajstić information content (AvgIpc) is 2.63. The second-order valence-electron chi connectivity index (χ2n) is 5.36. The number of para-hydroxylation sites is 1. The zero-order chi connectivity index (χ0) is 20.3. The van der Waals surface area contributed by atoms with Gasteiger partial charge in [0.15, 0.2) is 5.03 Å². The summed E-state index contributed by atoms with van der Waals surface area (Å²) in [6.45, 7) is 0. The van der Waals surface area contributed by atoms with Crippen LogP contribution < -0.4 is 4.72 Å². The lowest BCUT2D eigenvalue weighted by atomic mass is 10.3. The lowest BCUT2D eigenvalue weighted by molar-refractivity contribution is -0.388. The van der Waals surface area contributed by atoms with Crippen molar-refractivity contribution in [3.8, 4) is 0 Å². The molecular formula is C17H11ClFN3O4S2. The summed E-state index contributed by atoms with van der Waals surface area (Å²) in [6, 6.07) is 12.0. The van der Waals surface area contributed by atoms with Crippen LogP contribution >= 0.6 is 23.4 Å². The average molecular weight is 440 g/mol. The highest BCUT2D eigenvalue weighted by molar-refractivity contribution is 7.99. The molecule has 0 amide bonds. The SMILES string of the molecule is O=[N+]([O-])c1cccnc1Sc1ccccc1NS(=O)(=O)c1ccc(F)cc1Cl. The van der Waals surface area contributed by atoms with E-state index < -0.39 is 20.8 Å². The summed E-state index contributed by atoms with van der Waals surface area (Å²) in [4.78, 5) is 14.7. The van der Waals surface area contributed by atoms with Gasteiger partial charge in [0.2, 0.25) is 0 Å². The van der Waals surface area contributed by atoms with Crippen molar-refractivity contribution in [1.82, 2.24) is 4.98 Å². The zero-order valence-electron chi connectivity index (χ0n) is 13.9. The number of aromatic nitrogens is 1. The smallest absolute Gasteiger partial charge is 0.278 e. The number of anilines is 1. The number of sulfonamides is 1. The largest absolute Gasteiger partial charge is 0.301 e. The number of benzene rings is 2. The summed E-state index contributed by atoms with van der Waals surface area (Å²) in [5.74, 6) is -0.664. The Morgan fingerprint density at radius 3 is 2.61 bits per heavy atom. The molecule has 0 aliphatic heterocycles. The molecule has 3 aromatic rings. The molecule has 3 rings (SSSR count). The Morgan fingerprint density at radius 1 is 1.14 bits per heavy atom. The Balaban J connectivity index is 1.96. The summed E-state index contributed by atoms with van der Waals surface area (Å²) in [5, 5.41) is 11.0. The first kappa shape index (κ1) is 20.1. The van der Waals surface area contributed by atoms with Gasteiger partial charge in [0.1, 0.15) is 10.7 Å². The Labute approximate surface area is 168 Å². The topological polar surface area (TPSA) is 102 Å². The van der Waals surface area contributed by atoms with E-state index in [1.54, 1.807) is 18.2 Å². The molecule has 0 spiro atoms. The van der Waals surface area contributed by atoms with E-state index in [0.717, 1.165) is 30.0 Å². The summed E-state index contributed by atoms with van der Waals surface area (Å²) < 4.78 is 40.9.